The number of benzene rings is 2. The molecule has 0 amide bonds. The van der Waals surface area contributed by atoms with Crippen LogP contribution in [0.4, 0.5) is 10.1 Å². The standard InChI is InChI=1S/C14H10Cl2FNO/c15-9-4-5-10(12(18)7-9)13(19)6-8-2-1-3-11(16)14(8)17/h1-5,7H,6,18H2. The minimum absolute atomic E-state index is 0.00521. The highest BCUT2D eigenvalue weighted by atomic mass is 35.5. The molecule has 19 heavy (non-hydrogen) atoms. The van der Waals surface area contributed by atoms with Crippen LogP contribution < -0.4 is 5.73 Å². The van der Waals surface area contributed by atoms with Crippen LogP contribution in [0.25, 0.3) is 0 Å². The lowest BCUT2D eigenvalue weighted by Crippen LogP contribution is -2.08. The smallest absolute Gasteiger partial charge is 0.169 e. The van der Waals surface area contributed by atoms with Crippen LogP contribution in [-0.4, -0.2) is 5.78 Å². The zero-order valence-corrected chi connectivity index (χ0v) is 11.3. The van der Waals surface area contributed by atoms with Gasteiger partial charge in [0.1, 0.15) is 5.82 Å². The van der Waals surface area contributed by atoms with Crippen molar-refractivity contribution in [3.63, 3.8) is 0 Å². The molecule has 0 aliphatic carbocycles. The van der Waals surface area contributed by atoms with E-state index in [9.17, 15) is 9.18 Å². The average Bonchev–Trinajstić information content (AvgIpc) is 2.34. The molecule has 0 fully saturated rings. The minimum Gasteiger partial charge on any atom is -0.398 e. The van der Waals surface area contributed by atoms with Gasteiger partial charge in [-0.15, -0.1) is 0 Å². The fraction of sp³-hybridized carbons (Fsp3) is 0.0714. The number of carbonyl (C=O) groups excluding carboxylic acids is 1. The van der Waals surface area contributed by atoms with E-state index in [2.05, 4.69) is 0 Å². The second-order valence-electron chi connectivity index (χ2n) is 4.04. The number of nitrogens with two attached hydrogens (primary N) is 1. The van der Waals surface area contributed by atoms with Crippen LogP contribution in [0.5, 0.6) is 0 Å². The normalized spacial score (nSPS) is 10.5. The predicted molar refractivity (Wildman–Crippen MR) is 75.3 cm³/mol. The molecule has 0 bridgehead atoms. The zero-order chi connectivity index (χ0) is 14.0. The fourth-order valence-corrected chi connectivity index (χ4v) is 2.12. The molecule has 2 nitrogen and oxygen atoms in total. The second-order valence-corrected chi connectivity index (χ2v) is 4.89. The van der Waals surface area contributed by atoms with Crippen molar-refractivity contribution >= 4 is 34.7 Å². The number of hydrogen-bond acceptors (Lipinski definition) is 2. The molecule has 0 radical (unpaired) electrons. The highest BCUT2D eigenvalue weighted by Crippen LogP contribution is 2.22. The molecule has 0 spiro atoms. The van der Waals surface area contributed by atoms with Gasteiger partial charge in [-0.2, -0.15) is 0 Å². The van der Waals surface area contributed by atoms with E-state index in [-0.39, 0.29) is 28.5 Å². The monoisotopic (exact) mass is 297 g/mol. The molecule has 2 aromatic rings. The van der Waals surface area contributed by atoms with Gasteiger partial charge in [0.15, 0.2) is 5.78 Å². The van der Waals surface area contributed by atoms with Crippen LogP contribution in [0.2, 0.25) is 10.0 Å². The molecule has 2 aromatic carbocycles. The third kappa shape index (κ3) is 3.06. The number of anilines is 1. The SMILES string of the molecule is Nc1cc(Cl)ccc1C(=O)Cc1cccc(Cl)c1F. The van der Waals surface area contributed by atoms with Crippen molar-refractivity contribution in [3.05, 3.63) is 63.4 Å². The molecule has 0 aliphatic heterocycles. The maximum Gasteiger partial charge on any atom is 0.169 e. The summed E-state index contributed by atoms with van der Waals surface area (Å²) < 4.78 is 13.7. The van der Waals surface area contributed by atoms with Gasteiger partial charge in [0.05, 0.1) is 5.02 Å². The Bertz CT molecular complexity index is 643. The molecule has 0 heterocycles. The second kappa shape index (κ2) is 5.59. The Morgan fingerprint density at radius 2 is 1.95 bits per heavy atom. The molecule has 0 aromatic heterocycles. The quantitative estimate of drug-likeness (QED) is 0.683. The zero-order valence-electron chi connectivity index (χ0n) is 9.79. The van der Waals surface area contributed by atoms with Crippen molar-refractivity contribution in [2.45, 2.75) is 6.42 Å². The number of hydrogen-bond donors (Lipinski definition) is 1. The van der Waals surface area contributed by atoms with E-state index in [0.29, 0.717) is 10.6 Å². The fourth-order valence-electron chi connectivity index (χ4n) is 1.74. The van der Waals surface area contributed by atoms with Gasteiger partial charge >= 0.3 is 0 Å². The highest BCUT2D eigenvalue weighted by Gasteiger charge is 2.14. The number of ketones is 1. The van der Waals surface area contributed by atoms with Crippen molar-refractivity contribution in [2.75, 3.05) is 5.73 Å². The first-order chi connectivity index (χ1) is 8.99. The Labute approximate surface area is 119 Å². The molecule has 0 atom stereocenters. The summed E-state index contributed by atoms with van der Waals surface area (Å²) >= 11 is 11.4. The molecule has 0 unspecified atom stereocenters. The predicted octanol–water partition coefficient (Wildman–Crippen LogP) is 4.14. The summed E-state index contributed by atoms with van der Waals surface area (Å²) in [5.74, 6) is -0.861. The van der Waals surface area contributed by atoms with Gasteiger partial charge in [-0.3, -0.25) is 4.79 Å². The van der Waals surface area contributed by atoms with Crippen molar-refractivity contribution in [2.24, 2.45) is 0 Å². The van der Waals surface area contributed by atoms with E-state index < -0.39 is 5.82 Å². The number of nitrogen functional groups attached to an aromatic ring is 1. The van der Waals surface area contributed by atoms with Crippen LogP contribution in [0.1, 0.15) is 15.9 Å². The summed E-state index contributed by atoms with van der Waals surface area (Å²) in [7, 11) is 0. The number of halogens is 3. The average molecular weight is 298 g/mol. The summed E-state index contributed by atoms with van der Waals surface area (Å²) in [5.41, 5.74) is 6.56. The minimum atomic E-state index is -0.579. The molecule has 2 N–H and O–H groups in total. The van der Waals surface area contributed by atoms with Crippen LogP contribution in [0, 0.1) is 5.82 Å². The first-order valence-corrected chi connectivity index (χ1v) is 6.25. The first-order valence-electron chi connectivity index (χ1n) is 5.50. The molecular formula is C14H10Cl2FNO. The summed E-state index contributed by atoms with van der Waals surface area (Å²) in [6.07, 6.45) is -0.0990. The summed E-state index contributed by atoms with van der Waals surface area (Å²) in [6.45, 7) is 0. The molecule has 0 saturated heterocycles. The van der Waals surface area contributed by atoms with Crippen molar-refractivity contribution in [1.82, 2.24) is 0 Å². The van der Waals surface area contributed by atoms with E-state index >= 15 is 0 Å². The number of carbonyl (C=O) groups is 1. The maximum absolute atomic E-state index is 13.7. The van der Waals surface area contributed by atoms with Crippen molar-refractivity contribution in [3.8, 4) is 0 Å². The maximum atomic E-state index is 13.7. The van der Waals surface area contributed by atoms with Crippen LogP contribution in [-0.2, 0) is 6.42 Å². The van der Waals surface area contributed by atoms with E-state index in [0.717, 1.165) is 0 Å². The summed E-state index contributed by atoms with van der Waals surface area (Å²) in [5, 5.41) is 0.442. The van der Waals surface area contributed by atoms with Crippen molar-refractivity contribution < 1.29 is 9.18 Å². The Kier molecular flexibility index (Phi) is 4.08. The number of rotatable bonds is 3. The molecule has 5 heteroatoms. The van der Waals surface area contributed by atoms with Gasteiger partial charge in [0, 0.05) is 22.7 Å². The van der Waals surface area contributed by atoms with Gasteiger partial charge in [0.2, 0.25) is 0 Å². The van der Waals surface area contributed by atoms with Crippen molar-refractivity contribution in [1.29, 1.82) is 0 Å². The van der Waals surface area contributed by atoms with Crippen LogP contribution in [0.15, 0.2) is 36.4 Å². The highest BCUT2D eigenvalue weighted by molar-refractivity contribution is 6.31. The topological polar surface area (TPSA) is 43.1 Å². The Hall–Kier alpha value is -1.58. The molecule has 0 saturated carbocycles. The van der Waals surface area contributed by atoms with E-state index in [1.165, 1.54) is 24.3 Å². The summed E-state index contributed by atoms with van der Waals surface area (Å²) in [4.78, 5) is 12.1. The van der Waals surface area contributed by atoms with Gasteiger partial charge < -0.3 is 5.73 Å². The largest absolute Gasteiger partial charge is 0.398 e. The van der Waals surface area contributed by atoms with E-state index in [4.69, 9.17) is 28.9 Å². The lowest BCUT2D eigenvalue weighted by atomic mass is 10.0. The van der Waals surface area contributed by atoms with E-state index in [1.54, 1.807) is 12.1 Å². The Balaban J connectivity index is 2.28. The number of Topliss-reactive ketones (excluding diaryl/α,β-unsaturated/α-hetero) is 1. The molecule has 0 aliphatic rings. The first kappa shape index (κ1) is 13.8. The Morgan fingerprint density at radius 1 is 1.21 bits per heavy atom. The van der Waals surface area contributed by atoms with Gasteiger partial charge in [-0.05, 0) is 29.8 Å². The van der Waals surface area contributed by atoms with Gasteiger partial charge in [-0.25, -0.2) is 4.39 Å². The summed E-state index contributed by atoms with van der Waals surface area (Å²) in [6, 6.07) is 9.14. The van der Waals surface area contributed by atoms with Crippen LogP contribution >= 0.6 is 23.2 Å². The lowest BCUT2D eigenvalue weighted by molar-refractivity contribution is 0.0992. The third-order valence-corrected chi connectivity index (χ3v) is 3.22. The lowest BCUT2D eigenvalue weighted by Gasteiger charge is -2.07. The molecular weight excluding hydrogens is 288 g/mol. The van der Waals surface area contributed by atoms with Gasteiger partial charge in [-0.1, -0.05) is 35.3 Å². The van der Waals surface area contributed by atoms with E-state index in [1.807, 2.05) is 0 Å². The molecule has 2 rings (SSSR count). The molecule has 98 valence electrons. The Morgan fingerprint density at radius 3 is 2.63 bits per heavy atom. The van der Waals surface area contributed by atoms with Crippen LogP contribution in [0.3, 0.4) is 0 Å². The van der Waals surface area contributed by atoms with Gasteiger partial charge in [0.25, 0.3) is 0 Å². The third-order valence-electron chi connectivity index (χ3n) is 2.70.